The van der Waals surface area contributed by atoms with E-state index in [1.54, 1.807) is 0 Å². The van der Waals surface area contributed by atoms with Crippen LogP contribution in [0.1, 0.15) is 0 Å². The molecule has 6 heteroatoms. The van der Waals surface area contributed by atoms with Gasteiger partial charge in [0.15, 0.2) is 0 Å². The van der Waals surface area contributed by atoms with Crippen molar-refractivity contribution in [1.29, 1.82) is 0 Å². The van der Waals surface area contributed by atoms with Gasteiger partial charge in [0, 0.05) is 21.1 Å². The Morgan fingerprint density at radius 2 is 1.43 bits per heavy atom. The van der Waals surface area contributed by atoms with Crippen LogP contribution in [0.2, 0.25) is 0 Å². The second kappa shape index (κ2) is 16.9. The van der Waals surface area contributed by atoms with Gasteiger partial charge in [-0.2, -0.15) is 0 Å². The summed E-state index contributed by atoms with van der Waals surface area (Å²) in [7, 11) is 0. The molecule has 1 amide bonds. The standard InChI is InChI=1S/CH3NO2.Mo.2H2O/c2-1(3)4;;;/h2H2,(H,3,4);;2*1H2. The van der Waals surface area contributed by atoms with Crippen LogP contribution >= 0.6 is 0 Å². The van der Waals surface area contributed by atoms with Crippen LogP contribution in [0, 0.1) is 0 Å². The van der Waals surface area contributed by atoms with Crippen molar-refractivity contribution in [2.75, 3.05) is 0 Å². The molecule has 0 saturated heterocycles. The first kappa shape index (κ1) is 28.7. The minimum atomic E-state index is -1.33. The van der Waals surface area contributed by atoms with E-state index in [-0.39, 0.29) is 32.0 Å². The molecule has 0 heterocycles. The van der Waals surface area contributed by atoms with Gasteiger partial charge in [-0.3, -0.25) is 0 Å². The van der Waals surface area contributed by atoms with E-state index in [9.17, 15) is 0 Å². The number of amides is 1. The molecule has 0 aliphatic carbocycles. The molecule has 46 valence electrons. The molecule has 0 saturated carbocycles. The molecule has 0 spiro atoms. The smallest absolute Gasteiger partial charge is 0.402 e. The average Bonchev–Trinajstić information content (AvgIpc) is 0.811. The summed E-state index contributed by atoms with van der Waals surface area (Å²) in [6, 6.07) is 0. The maximum atomic E-state index is 8.78. The third-order valence-electron chi connectivity index (χ3n) is 0. The van der Waals surface area contributed by atoms with Crippen molar-refractivity contribution in [2.24, 2.45) is 5.73 Å². The fourth-order valence-corrected chi connectivity index (χ4v) is 0. The molecular formula is CH7MoNO4. The van der Waals surface area contributed by atoms with Gasteiger partial charge in [-0.1, -0.05) is 0 Å². The summed E-state index contributed by atoms with van der Waals surface area (Å²) in [6.45, 7) is 0. The van der Waals surface area contributed by atoms with Gasteiger partial charge in [-0.05, 0) is 0 Å². The molecule has 7 heavy (non-hydrogen) atoms. The number of carbonyl (C=O) groups is 1. The third kappa shape index (κ3) is 5970. The molecule has 0 unspecified atom stereocenters. The largest absolute Gasteiger partial charge is 0.465 e. The summed E-state index contributed by atoms with van der Waals surface area (Å²) in [5.41, 5.74) is 4.03. The van der Waals surface area contributed by atoms with Gasteiger partial charge < -0.3 is 21.8 Å². The quantitative estimate of drug-likeness (QED) is 0.430. The molecule has 0 rings (SSSR count). The zero-order valence-electron chi connectivity index (χ0n) is 3.34. The Morgan fingerprint density at radius 1 is 1.43 bits per heavy atom. The van der Waals surface area contributed by atoms with Crippen LogP contribution in [0.15, 0.2) is 0 Å². The van der Waals surface area contributed by atoms with Crippen LogP contribution in [0.5, 0.6) is 0 Å². The Bertz CT molecular complexity index is 34.7. The van der Waals surface area contributed by atoms with E-state index >= 15 is 0 Å². The monoisotopic (exact) mass is 195 g/mol. The van der Waals surface area contributed by atoms with Gasteiger partial charge in [0.25, 0.3) is 0 Å². The van der Waals surface area contributed by atoms with Crippen LogP contribution in [-0.2, 0) is 21.1 Å². The topological polar surface area (TPSA) is 126 Å². The Kier molecular flexibility index (Phi) is 69.2. The molecule has 0 bridgehead atoms. The van der Waals surface area contributed by atoms with Crippen molar-refractivity contribution < 1.29 is 41.9 Å². The third-order valence-corrected chi connectivity index (χ3v) is 0. The summed E-state index contributed by atoms with van der Waals surface area (Å²) < 4.78 is 0. The molecule has 0 aliphatic heterocycles. The Morgan fingerprint density at radius 3 is 1.43 bits per heavy atom. The van der Waals surface area contributed by atoms with E-state index < -0.39 is 6.09 Å². The second-order valence-electron chi connectivity index (χ2n) is 0.338. The number of primary amides is 1. The first-order valence-corrected chi connectivity index (χ1v) is 0.716. The van der Waals surface area contributed by atoms with Gasteiger partial charge in [0.2, 0.25) is 0 Å². The minimum Gasteiger partial charge on any atom is -0.465 e. The van der Waals surface area contributed by atoms with E-state index in [0.29, 0.717) is 0 Å². The van der Waals surface area contributed by atoms with Crippen LogP contribution in [-0.4, -0.2) is 22.2 Å². The minimum absolute atomic E-state index is 0. The van der Waals surface area contributed by atoms with Crippen LogP contribution in [0.4, 0.5) is 4.79 Å². The number of hydrogen-bond acceptors (Lipinski definition) is 1. The molecule has 0 atom stereocenters. The average molecular weight is 193 g/mol. The summed E-state index contributed by atoms with van der Waals surface area (Å²) in [5.74, 6) is 0. The van der Waals surface area contributed by atoms with Crippen molar-refractivity contribution in [3.05, 3.63) is 0 Å². The summed E-state index contributed by atoms with van der Waals surface area (Å²) in [6.07, 6.45) is -1.33. The van der Waals surface area contributed by atoms with Crippen molar-refractivity contribution in [3.8, 4) is 0 Å². The predicted octanol–water partition coefficient (Wildman–Crippen LogP) is -2.03. The van der Waals surface area contributed by atoms with E-state index in [1.165, 1.54) is 0 Å². The Hall–Kier alpha value is -0.122. The fraction of sp³-hybridized carbons (Fsp3) is 0. The number of hydrogen-bond donors (Lipinski definition) is 2. The molecule has 7 N–H and O–H groups in total. The number of rotatable bonds is 0. The van der Waals surface area contributed by atoms with Crippen molar-refractivity contribution >= 4 is 6.09 Å². The molecule has 0 aromatic heterocycles. The number of nitrogens with two attached hydrogens (primary N) is 1. The van der Waals surface area contributed by atoms with Gasteiger partial charge >= 0.3 is 6.09 Å². The fourth-order valence-electron chi connectivity index (χ4n) is 0. The SMILES string of the molecule is NC(=O)O.O.O.[Mo]. The zero-order valence-corrected chi connectivity index (χ0v) is 5.35. The van der Waals surface area contributed by atoms with Crippen molar-refractivity contribution in [1.82, 2.24) is 0 Å². The van der Waals surface area contributed by atoms with Crippen molar-refractivity contribution in [2.45, 2.75) is 0 Å². The first-order chi connectivity index (χ1) is 1.73. The van der Waals surface area contributed by atoms with Gasteiger partial charge in [-0.25, -0.2) is 4.79 Å². The van der Waals surface area contributed by atoms with Crippen LogP contribution < -0.4 is 5.73 Å². The Labute approximate surface area is 54.4 Å². The molecule has 0 aliphatic rings. The second-order valence-corrected chi connectivity index (χ2v) is 0.338. The first-order valence-electron chi connectivity index (χ1n) is 0.716. The summed E-state index contributed by atoms with van der Waals surface area (Å²) >= 11 is 0. The summed E-state index contributed by atoms with van der Waals surface area (Å²) in [5, 5.41) is 7.19. The molecule has 0 fully saturated rings. The van der Waals surface area contributed by atoms with Gasteiger partial charge in [0.1, 0.15) is 0 Å². The molecule has 0 radical (unpaired) electrons. The van der Waals surface area contributed by atoms with Gasteiger partial charge in [-0.15, -0.1) is 0 Å². The van der Waals surface area contributed by atoms with E-state index in [0.717, 1.165) is 0 Å². The van der Waals surface area contributed by atoms with Crippen molar-refractivity contribution in [3.63, 3.8) is 0 Å². The normalized spacial score (nSPS) is 3.43. The molecule has 5 nitrogen and oxygen atoms in total. The number of carboxylic acid groups (broad SMARTS) is 1. The molecular weight excluding hydrogens is 186 g/mol. The molecule has 0 aromatic carbocycles. The predicted molar refractivity (Wildman–Crippen MR) is 19.4 cm³/mol. The molecule has 0 aromatic rings. The van der Waals surface area contributed by atoms with E-state index in [1.807, 2.05) is 0 Å². The Balaban J connectivity index is -0.0000000150. The summed E-state index contributed by atoms with van der Waals surface area (Å²) in [4.78, 5) is 8.78. The maximum Gasteiger partial charge on any atom is 0.402 e. The van der Waals surface area contributed by atoms with Gasteiger partial charge in [0.05, 0.1) is 0 Å². The van der Waals surface area contributed by atoms with Crippen LogP contribution in [0.3, 0.4) is 0 Å². The van der Waals surface area contributed by atoms with E-state index in [2.05, 4.69) is 5.73 Å². The van der Waals surface area contributed by atoms with Crippen LogP contribution in [0.25, 0.3) is 0 Å². The van der Waals surface area contributed by atoms with E-state index in [4.69, 9.17) is 9.90 Å². The maximum absolute atomic E-state index is 8.78. The zero-order chi connectivity index (χ0) is 3.58.